The van der Waals surface area contributed by atoms with Crippen LogP contribution in [0.3, 0.4) is 0 Å². The van der Waals surface area contributed by atoms with Crippen molar-refractivity contribution in [2.24, 2.45) is 7.05 Å². The SMILES string of the molecule is CCOC(=O)c1c(-c2ccc(CCNS(=O)(=O)c3cccc(F)c3)cc2)c(C#N)c(CC)n1C. The molecule has 3 aromatic rings. The highest BCUT2D eigenvalue weighted by atomic mass is 32.2. The standard InChI is InChI=1S/C25H26FN3O4S/c1-4-22-21(16-27)23(24(29(22)3)25(30)33-5-2)18-11-9-17(10-12-18)13-14-28-34(31,32)20-8-6-7-19(26)15-20/h6-12,15,28H,4-5,13-14H2,1-3H3. The lowest BCUT2D eigenvalue weighted by molar-refractivity contribution is 0.0516. The normalized spacial score (nSPS) is 11.3. The maximum Gasteiger partial charge on any atom is 0.355 e. The predicted octanol–water partition coefficient (Wildman–Crippen LogP) is 3.96. The number of carbonyl (C=O) groups excluding carboxylic acids is 1. The molecule has 0 aliphatic heterocycles. The molecule has 3 rings (SSSR count). The van der Waals surface area contributed by atoms with E-state index in [4.69, 9.17) is 4.74 Å². The van der Waals surface area contributed by atoms with Crippen LogP contribution in [0.25, 0.3) is 11.1 Å². The molecule has 0 atom stereocenters. The van der Waals surface area contributed by atoms with E-state index in [1.54, 1.807) is 30.7 Å². The van der Waals surface area contributed by atoms with Gasteiger partial charge in [0, 0.05) is 24.8 Å². The summed E-state index contributed by atoms with van der Waals surface area (Å²) in [4.78, 5) is 12.5. The van der Waals surface area contributed by atoms with Crippen molar-refractivity contribution in [1.29, 1.82) is 5.26 Å². The van der Waals surface area contributed by atoms with E-state index < -0.39 is 21.8 Å². The Balaban J connectivity index is 1.82. The number of ether oxygens (including phenoxy) is 1. The molecule has 0 amide bonds. The predicted molar refractivity (Wildman–Crippen MR) is 126 cm³/mol. The summed E-state index contributed by atoms with van der Waals surface area (Å²) >= 11 is 0. The van der Waals surface area contributed by atoms with Gasteiger partial charge in [0.05, 0.1) is 17.1 Å². The Bertz CT molecular complexity index is 1340. The van der Waals surface area contributed by atoms with Gasteiger partial charge in [0.15, 0.2) is 0 Å². The van der Waals surface area contributed by atoms with Crippen LogP contribution in [0.5, 0.6) is 0 Å². The van der Waals surface area contributed by atoms with Crippen molar-refractivity contribution in [2.75, 3.05) is 13.2 Å². The molecule has 0 saturated carbocycles. The number of carbonyl (C=O) groups is 1. The Morgan fingerprint density at radius 3 is 2.47 bits per heavy atom. The first-order valence-corrected chi connectivity index (χ1v) is 12.3. The van der Waals surface area contributed by atoms with E-state index in [2.05, 4.69) is 10.8 Å². The first-order valence-electron chi connectivity index (χ1n) is 10.9. The van der Waals surface area contributed by atoms with Crippen LogP contribution in [-0.2, 0) is 34.6 Å². The summed E-state index contributed by atoms with van der Waals surface area (Å²) < 4.78 is 47.4. The van der Waals surface area contributed by atoms with Gasteiger partial charge in [-0.15, -0.1) is 0 Å². The lowest BCUT2D eigenvalue weighted by Crippen LogP contribution is -2.26. The third-order valence-corrected chi connectivity index (χ3v) is 6.94. The molecule has 178 valence electrons. The number of benzene rings is 2. The third kappa shape index (κ3) is 5.19. The molecular weight excluding hydrogens is 457 g/mol. The van der Waals surface area contributed by atoms with Crippen molar-refractivity contribution in [3.05, 3.63) is 76.9 Å². The number of nitrogens with one attached hydrogen (secondary N) is 1. The number of hydrogen-bond acceptors (Lipinski definition) is 5. The minimum absolute atomic E-state index is 0.126. The van der Waals surface area contributed by atoms with Gasteiger partial charge in [0.2, 0.25) is 10.0 Å². The minimum Gasteiger partial charge on any atom is -0.461 e. The number of sulfonamides is 1. The first-order chi connectivity index (χ1) is 16.2. The Labute approximate surface area is 198 Å². The summed E-state index contributed by atoms with van der Waals surface area (Å²) in [7, 11) is -2.07. The lowest BCUT2D eigenvalue weighted by Gasteiger charge is -2.09. The van der Waals surface area contributed by atoms with Crippen molar-refractivity contribution < 1.29 is 22.3 Å². The van der Waals surface area contributed by atoms with Crippen molar-refractivity contribution in [3.8, 4) is 17.2 Å². The van der Waals surface area contributed by atoms with Crippen LogP contribution < -0.4 is 4.72 Å². The van der Waals surface area contributed by atoms with Crippen LogP contribution in [0, 0.1) is 17.1 Å². The molecule has 0 bridgehead atoms. The van der Waals surface area contributed by atoms with Gasteiger partial charge in [-0.1, -0.05) is 37.3 Å². The van der Waals surface area contributed by atoms with Crippen molar-refractivity contribution in [1.82, 2.24) is 9.29 Å². The Morgan fingerprint density at radius 1 is 1.18 bits per heavy atom. The summed E-state index contributed by atoms with van der Waals surface area (Å²) in [5, 5.41) is 9.80. The van der Waals surface area contributed by atoms with E-state index in [-0.39, 0.29) is 18.0 Å². The maximum atomic E-state index is 13.3. The molecule has 0 unspecified atom stereocenters. The van der Waals surface area contributed by atoms with Crippen LogP contribution in [0.15, 0.2) is 53.4 Å². The summed E-state index contributed by atoms with van der Waals surface area (Å²) in [6.07, 6.45) is 0.981. The van der Waals surface area contributed by atoms with Gasteiger partial charge in [-0.2, -0.15) is 5.26 Å². The molecule has 34 heavy (non-hydrogen) atoms. The average Bonchev–Trinajstić information content (AvgIpc) is 3.10. The molecule has 1 N–H and O–H groups in total. The fourth-order valence-electron chi connectivity index (χ4n) is 3.87. The molecule has 1 heterocycles. The Kier molecular flexibility index (Phi) is 7.87. The van der Waals surface area contributed by atoms with Crippen molar-refractivity contribution in [2.45, 2.75) is 31.6 Å². The van der Waals surface area contributed by atoms with E-state index in [1.807, 2.05) is 19.1 Å². The van der Waals surface area contributed by atoms with Crippen LogP contribution in [0.2, 0.25) is 0 Å². The largest absolute Gasteiger partial charge is 0.461 e. The van der Waals surface area contributed by atoms with Gasteiger partial charge >= 0.3 is 5.97 Å². The Hall–Kier alpha value is -3.48. The Morgan fingerprint density at radius 2 is 1.88 bits per heavy atom. The van der Waals surface area contributed by atoms with Crippen LogP contribution in [0.1, 0.15) is 41.2 Å². The van der Waals surface area contributed by atoms with E-state index in [0.29, 0.717) is 35.2 Å². The average molecular weight is 484 g/mol. The summed E-state index contributed by atoms with van der Waals surface area (Å²) in [6, 6.07) is 14.3. The molecule has 1 aromatic heterocycles. The zero-order chi connectivity index (χ0) is 24.9. The number of aromatic nitrogens is 1. The molecule has 0 fully saturated rings. The van der Waals surface area contributed by atoms with Crippen molar-refractivity contribution >= 4 is 16.0 Å². The minimum atomic E-state index is -3.82. The highest BCUT2D eigenvalue weighted by Gasteiger charge is 2.26. The monoisotopic (exact) mass is 483 g/mol. The van der Waals surface area contributed by atoms with Crippen LogP contribution >= 0.6 is 0 Å². The van der Waals surface area contributed by atoms with E-state index in [0.717, 1.165) is 17.3 Å². The fourth-order valence-corrected chi connectivity index (χ4v) is 4.94. The molecule has 0 saturated heterocycles. The third-order valence-electron chi connectivity index (χ3n) is 5.49. The summed E-state index contributed by atoms with van der Waals surface area (Å²) in [6.45, 7) is 3.99. The lowest BCUT2D eigenvalue weighted by atomic mass is 9.98. The molecule has 0 aliphatic carbocycles. The van der Waals surface area contributed by atoms with Gasteiger partial charge in [0.25, 0.3) is 0 Å². The zero-order valence-electron chi connectivity index (χ0n) is 19.3. The fraction of sp³-hybridized carbons (Fsp3) is 0.280. The molecule has 2 aromatic carbocycles. The van der Waals surface area contributed by atoms with E-state index in [9.17, 15) is 22.9 Å². The zero-order valence-corrected chi connectivity index (χ0v) is 20.1. The number of rotatable bonds is 9. The highest BCUT2D eigenvalue weighted by Crippen LogP contribution is 2.33. The summed E-state index contributed by atoms with van der Waals surface area (Å²) in [5.74, 6) is -1.11. The van der Waals surface area contributed by atoms with Gasteiger partial charge in [-0.3, -0.25) is 0 Å². The quantitative estimate of drug-likeness (QED) is 0.464. The first kappa shape index (κ1) is 25.1. The summed E-state index contributed by atoms with van der Waals surface area (Å²) in [5.41, 5.74) is 3.58. The second-order valence-corrected chi connectivity index (χ2v) is 9.36. The number of hydrogen-bond donors (Lipinski definition) is 1. The maximum absolute atomic E-state index is 13.3. The molecule has 0 radical (unpaired) electrons. The second kappa shape index (κ2) is 10.6. The molecular formula is C25H26FN3O4S. The van der Waals surface area contributed by atoms with Crippen LogP contribution in [0.4, 0.5) is 4.39 Å². The van der Waals surface area contributed by atoms with Gasteiger partial charge in [-0.25, -0.2) is 22.3 Å². The number of esters is 1. The van der Waals surface area contributed by atoms with E-state index in [1.165, 1.54) is 18.2 Å². The van der Waals surface area contributed by atoms with Crippen molar-refractivity contribution in [3.63, 3.8) is 0 Å². The van der Waals surface area contributed by atoms with Gasteiger partial charge in [-0.05, 0) is 49.1 Å². The molecule has 9 heteroatoms. The number of nitriles is 1. The van der Waals surface area contributed by atoms with Gasteiger partial charge < -0.3 is 9.30 Å². The topological polar surface area (TPSA) is 101 Å². The molecule has 0 spiro atoms. The smallest absolute Gasteiger partial charge is 0.355 e. The second-order valence-electron chi connectivity index (χ2n) is 7.59. The van der Waals surface area contributed by atoms with E-state index >= 15 is 0 Å². The van der Waals surface area contributed by atoms with Crippen LogP contribution in [-0.4, -0.2) is 32.1 Å². The van der Waals surface area contributed by atoms with Gasteiger partial charge in [0.1, 0.15) is 17.6 Å². The highest BCUT2D eigenvalue weighted by molar-refractivity contribution is 7.89. The molecule has 7 nitrogen and oxygen atoms in total. The number of halogens is 1. The number of nitrogens with zero attached hydrogens (tertiary/aromatic N) is 2. The molecule has 0 aliphatic rings.